The lowest BCUT2D eigenvalue weighted by molar-refractivity contribution is 0.336. The molecule has 0 aliphatic rings. The number of hydrogen-bond acceptors (Lipinski definition) is 4. The molecule has 0 amide bonds. The van der Waals surface area contributed by atoms with Gasteiger partial charge in [-0.2, -0.15) is 0 Å². The van der Waals surface area contributed by atoms with Crippen LogP contribution in [-0.4, -0.2) is 33.1 Å². The van der Waals surface area contributed by atoms with Gasteiger partial charge in [0.1, 0.15) is 12.4 Å². The molecule has 19 heavy (non-hydrogen) atoms. The highest BCUT2D eigenvalue weighted by molar-refractivity contribution is 7.90. The Balaban J connectivity index is 2.80. The Morgan fingerprint density at radius 1 is 1.26 bits per heavy atom. The molecule has 0 saturated heterocycles. The van der Waals surface area contributed by atoms with Crippen molar-refractivity contribution in [3.63, 3.8) is 0 Å². The summed E-state index contributed by atoms with van der Waals surface area (Å²) >= 11 is 0. The van der Waals surface area contributed by atoms with Gasteiger partial charge in [0.25, 0.3) is 0 Å². The lowest BCUT2D eigenvalue weighted by Crippen LogP contribution is -2.18. The third kappa shape index (κ3) is 5.61. The quantitative estimate of drug-likeness (QED) is 0.862. The van der Waals surface area contributed by atoms with Crippen LogP contribution in [-0.2, 0) is 16.3 Å². The molecular formula is C14H23NO3S. The number of rotatable bonds is 6. The zero-order valence-corrected chi connectivity index (χ0v) is 12.9. The van der Waals surface area contributed by atoms with Gasteiger partial charge in [-0.05, 0) is 43.9 Å². The molecule has 0 spiro atoms. The van der Waals surface area contributed by atoms with Crippen LogP contribution in [0.3, 0.4) is 0 Å². The molecule has 0 saturated carbocycles. The van der Waals surface area contributed by atoms with Crippen LogP contribution in [0.25, 0.3) is 0 Å². The van der Waals surface area contributed by atoms with Gasteiger partial charge in [0.2, 0.25) is 0 Å². The molecule has 0 fully saturated rings. The summed E-state index contributed by atoms with van der Waals surface area (Å²) in [5.74, 6) is 0.810. The number of nitrogens with two attached hydrogens (primary N) is 1. The highest BCUT2D eigenvalue weighted by Gasteiger charge is 2.09. The number of sulfone groups is 1. The molecule has 0 heterocycles. The van der Waals surface area contributed by atoms with Gasteiger partial charge in [-0.3, -0.25) is 0 Å². The Morgan fingerprint density at radius 2 is 1.79 bits per heavy atom. The maximum absolute atomic E-state index is 11.1. The minimum absolute atomic E-state index is 0.0352. The minimum Gasteiger partial charge on any atom is -0.492 e. The predicted molar refractivity (Wildman–Crippen MR) is 78.5 cm³/mol. The predicted octanol–water partition coefficient (Wildman–Crippen LogP) is 1.62. The number of hydrogen-bond donors (Lipinski definition) is 1. The smallest absolute Gasteiger partial charge is 0.150 e. The van der Waals surface area contributed by atoms with Crippen LogP contribution < -0.4 is 10.5 Å². The van der Waals surface area contributed by atoms with Gasteiger partial charge in [0, 0.05) is 12.3 Å². The normalized spacial score (nSPS) is 13.3. The van der Waals surface area contributed by atoms with E-state index in [0.29, 0.717) is 0 Å². The van der Waals surface area contributed by atoms with Crippen molar-refractivity contribution < 1.29 is 13.2 Å². The topological polar surface area (TPSA) is 69.4 Å². The van der Waals surface area contributed by atoms with Crippen molar-refractivity contribution in [3.05, 3.63) is 28.8 Å². The van der Waals surface area contributed by atoms with Crippen LogP contribution in [0.2, 0.25) is 0 Å². The molecule has 0 bridgehead atoms. The molecule has 1 aromatic carbocycles. The summed E-state index contributed by atoms with van der Waals surface area (Å²) < 4.78 is 27.7. The second-order valence-electron chi connectivity index (χ2n) is 5.22. The van der Waals surface area contributed by atoms with Crippen LogP contribution in [0.15, 0.2) is 12.1 Å². The van der Waals surface area contributed by atoms with Crippen molar-refractivity contribution >= 4 is 9.84 Å². The maximum Gasteiger partial charge on any atom is 0.150 e. The molecule has 5 heteroatoms. The average Bonchev–Trinajstić information content (AvgIpc) is 2.19. The summed E-state index contributed by atoms with van der Waals surface area (Å²) in [6.45, 7) is 6.09. The van der Waals surface area contributed by atoms with E-state index in [9.17, 15) is 8.42 Å². The van der Waals surface area contributed by atoms with E-state index < -0.39 is 9.84 Å². The van der Waals surface area contributed by atoms with E-state index in [0.717, 1.165) is 23.3 Å². The number of benzene rings is 1. The molecule has 108 valence electrons. The molecule has 1 unspecified atom stereocenters. The van der Waals surface area contributed by atoms with E-state index in [1.54, 1.807) is 0 Å². The van der Waals surface area contributed by atoms with E-state index in [1.165, 1.54) is 11.8 Å². The Kier molecular flexibility index (Phi) is 5.38. The first kappa shape index (κ1) is 16.0. The summed E-state index contributed by atoms with van der Waals surface area (Å²) in [6, 6.07) is 4.22. The fraction of sp³-hybridized carbons (Fsp3) is 0.571. The van der Waals surface area contributed by atoms with Gasteiger partial charge >= 0.3 is 0 Å². The zero-order valence-electron chi connectivity index (χ0n) is 12.1. The highest BCUT2D eigenvalue weighted by atomic mass is 32.2. The first-order chi connectivity index (χ1) is 8.69. The molecule has 1 rings (SSSR count). The maximum atomic E-state index is 11.1. The van der Waals surface area contributed by atoms with Crippen molar-refractivity contribution in [1.82, 2.24) is 0 Å². The highest BCUT2D eigenvalue weighted by Crippen LogP contribution is 2.25. The molecule has 1 atom stereocenters. The largest absolute Gasteiger partial charge is 0.492 e. The summed E-state index contributed by atoms with van der Waals surface area (Å²) in [5.41, 5.74) is 9.01. The first-order valence-electron chi connectivity index (χ1n) is 6.35. The van der Waals surface area contributed by atoms with Crippen molar-refractivity contribution in [1.29, 1.82) is 0 Å². The second-order valence-corrected chi connectivity index (χ2v) is 7.48. The summed E-state index contributed by atoms with van der Waals surface area (Å²) in [7, 11) is -2.99. The van der Waals surface area contributed by atoms with E-state index in [-0.39, 0.29) is 18.4 Å². The van der Waals surface area contributed by atoms with Gasteiger partial charge < -0.3 is 10.5 Å². The van der Waals surface area contributed by atoms with Crippen molar-refractivity contribution in [2.24, 2.45) is 5.73 Å². The van der Waals surface area contributed by atoms with Crippen molar-refractivity contribution in [2.75, 3.05) is 18.6 Å². The standard InChI is InChI=1S/C14H23NO3S/c1-10-7-13(9-12(3)15)8-11(2)14(10)18-5-6-19(4,16)17/h7-8,12H,5-6,9,15H2,1-4H3. The van der Waals surface area contributed by atoms with Crippen molar-refractivity contribution in [3.8, 4) is 5.75 Å². The Morgan fingerprint density at radius 3 is 2.21 bits per heavy atom. The Hall–Kier alpha value is -1.07. The number of aryl methyl sites for hydroxylation is 2. The fourth-order valence-corrected chi connectivity index (χ4v) is 2.44. The third-order valence-corrected chi connectivity index (χ3v) is 3.69. The molecule has 0 aliphatic carbocycles. The van der Waals surface area contributed by atoms with Crippen LogP contribution in [0.1, 0.15) is 23.6 Å². The molecule has 2 N–H and O–H groups in total. The van der Waals surface area contributed by atoms with E-state index in [1.807, 2.05) is 32.9 Å². The van der Waals surface area contributed by atoms with Crippen LogP contribution in [0, 0.1) is 13.8 Å². The fourth-order valence-electron chi connectivity index (χ4n) is 2.05. The summed E-state index contributed by atoms with van der Waals surface area (Å²) in [6.07, 6.45) is 2.03. The van der Waals surface area contributed by atoms with Crippen LogP contribution in [0.4, 0.5) is 0 Å². The van der Waals surface area contributed by atoms with Gasteiger partial charge in [-0.25, -0.2) is 8.42 Å². The van der Waals surface area contributed by atoms with Crippen LogP contribution >= 0.6 is 0 Å². The lowest BCUT2D eigenvalue weighted by atomic mass is 10.0. The molecule has 4 nitrogen and oxygen atoms in total. The van der Waals surface area contributed by atoms with Crippen molar-refractivity contribution in [2.45, 2.75) is 33.2 Å². The van der Waals surface area contributed by atoms with Gasteiger partial charge in [-0.15, -0.1) is 0 Å². The summed E-state index contributed by atoms with van der Waals surface area (Å²) in [4.78, 5) is 0. The second kappa shape index (κ2) is 6.39. The number of ether oxygens (including phenoxy) is 1. The van der Waals surface area contributed by atoms with Gasteiger partial charge in [0.05, 0.1) is 5.75 Å². The Bertz CT molecular complexity index is 513. The molecular weight excluding hydrogens is 262 g/mol. The average molecular weight is 285 g/mol. The molecule has 1 aromatic rings. The SMILES string of the molecule is Cc1cc(CC(C)N)cc(C)c1OCCS(C)(=O)=O. The molecule has 0 radical (unpaired) electrons. The summed E-state index contributed by atoms with van der Waals surface area (Å²) in [5, 5.41) is 0. The van der Waals surface area contributed by atoms with Gasteiger partial charge in [-0.1, -0.05) is 12.1 Å². The third-order valence-electron chi connectivity index (χ3n) is 2.78. The molecule has 0 aromatic heterocycles. The minimum atomic E-state index is -2.99. The zero-order chi connectivity index (χ0) is 14.6. The van der Waals surface area contributed by atoms with E-state index in [4.69, 9.17) is 10.5 Å². The molecule has 0 aliphatic heterocycles. The van der Waals surface area contributed by atoms with E-state index in [2.05, 4.69) is 0 Å². The lowest BCUT2D eigenvalue weighted by Gasteiger charge is -2.14. The van der Waals surface area contributed by atoms with Crippen LogP contribution in [0.5, 0.6) is 5.75 Å². The monoisotopic (exact) mass is 285 g/mol. The van der Waals surface area contributed by atoms with Gasteiger partial charge in [0.15, 0.2) is 9.84 Å². The van der Waals surface area contributed by atoms with E-state index >= 15 is 0 Å². The first-order valence-corrected chi connectivity index (χ1v) is 8.41. The Labute approximate surface area is 115 Å².